The van der Waals surface area contributed by atoms with Crippen LogP contribution >= 0.6 is 31.9 Å². The Balaban J connectivity index is 3.33. The van der Waals surface area contributed by atoms with E-state index in [1.807, 2.05) is 0 Å². The molecular formula is C6H4Br2F2N2. The molecule has 0 aromatic carbocycles. The van der Waals surface area contributed by atoms with Crippen molar-refractivity contribution in [3.8, 4) is 0 Å². The lowest BCUT2D eigenvalue weighted by Gasteiger charge is -2.06. The first-order valence-corrected chi connectivity index (χ1v) is 4.50. The molecular weight excluding hydrogens is 298 g/mol. The summed E-state index contributed by atoms with van der Waals surface area (Å²) in [6.07, 6.45) is -1.29. The molecule has 0 unspecified atom stereocenters. The SMILES string of the molecule is Nc1cnc(Br)c(C(F)F)c1Br. The number of rotatable bonds is 1. The summed E-state index contributed by atoms with van der Waals surface area (Å²) in [6, 6.07) is 0. The highest BCUT2D eigenvalue weighted by molar-refractivity contribution is 9.11. The van der Waals surface area contributed by atoms with E-state index in [0.29, 0.717) is 0 Å². The number of nitrogens with zero attached hydrogens (tertiary/aromatic N) is 1. The average molecular weight is 302 g/mol. The number of pyridine rings is 1. The van der Waals surface area contributed by atoms with Crippen molar-refractivity contribution in [3.05, 3.63) is 20.8 Å². The van der Waals surface area contributed by atoms with E-state index in [9.17, 15) is 8.78 Å². The second-order valence-corrected chi connectivity index (χ2v) is 3.58. The molecule has 66 valence electrons. The fourth-order valence-electron chi connectivity index (χ4n) is 0.684. The number of anilines is 1. The van der Waals surface area contributed by atoms with Crippen LogP contribution in [-0.4, -0.2) is 4.98 Å². The van der Waals surface area contributed by atoms with Crippen LogP contribution in [0.3, 0.4) is 0 Å². The molecule has 1 aromatic rings. The van der Waals surface area contributed by atoms with Crippen molar-refractivity contribution in [2.24, 2.45) is 0 Å². The van der Waals surface area contributed by atoms with Gasteiger partial charge in [-0.3, -0.25) is 0 Å². The Morgan fingerprint density at radius 3 is 2.42 bits per heavy atom. The van der Waals surface area contributed by atoms with Gasteiger partial charge in [0.05, 0.1) is 21.9 Å². The van der Waals surface area contributed by atoms with E-state index >= 15 is 0 Å². The lowest BCUT2D eigenvalue weighted by molar-refractivity contribution is 0.149. The van der Waals surface area contributed by atoms with Crippen LogP contribution in [-0.2, 0) is 0 Å². The summed E-state index contributed by atoms with van der Waals surface area (Å²) in [5, 5.41) is 0. The zero-order chi connectivity index (χ0) is 9.30. The molecule has 1 rings (SSSR count). The van der Waals surface area contributed by atoms with Gasteiger partial charge in [0.1, 0.15) is 4.60 Å². The number of nitrogens with two attached hydrogens (primary N) is 1. The van der Waals surface area contributed by atoms with E-state index in [1.54, 1.807) is 0 Å². The van der Waals surface area contributed by atoms with Crippen molar-refractivity contribution in [2.45, 2.75) is 6.43 Å². The zero-order valence-electron chi connectivity index (χ0n) is 5.69. The van der Waals surface area contributed by atoms with Crippen molar-refractivity contribution >= 4 is 37.5 Å². The molecule has 1 heterocycles. The topological polar surface area (TPSA) is 38.9 Å². The monoisotopic (exact) mass is 300 g/mol. The van der Waals surface area contributed by atoms with Crippen molar-refractivity contribution in [3.63, 3.8) is 0 Å². The first-order valence-electron chi connectivity index (χ1n) is 2.91. The molecule has 0 amide bonds. The zero-order valence-corrected chi connectivity index (χ0v) is 8.86. The number of hydrogen-bond acceptors (Lipinski definition) is 2. The van der Waals surface area contributed by atoms with E-state index in [1.165, 1.54) is 6.20 Å². The van der Waals surface area contributed by atoms with Gasteiger partial charge in [0, 0.05) is 0 Å². The second kappa shape index (κ2) is 3.66. The molecule has 6 heteroatoms. The fourth-order valence-corrected chi connectivity index (χ4v) is 1.89. The van der Waals surface area contributed by atoms with Gasteiger partial charge in [0.25, 0.3) is 6.43 Å². The lowest BCUT2D eigenvalue weighted by Crippen LogP contribution is -1.96. The van der Waals surface area contributed by atoms with Gasteiger partial charge in [0.2, 0.25) is 0 Å². The Morgan fingerprint density at radius 2 is 2.00 bits per heavy atom. The third kappa shape index (κ3) is 1.74. The molecule has 0 aliphatic heterocycles. The largest absolute Gasteiger partial charge is 0.397 e. The summed E-state index contributed by atoms with van der Waals surface area (Å²) in [7, 11) is 0. The van der Waals surface area contributed by atoms with Crippen LogP contribution in [0.5, 0.6) is 0 Å². The minimum Gasteiger partial charge on any atom is -0.397 e. The molecule has 2 N–H and O–H groups in total. The quantitative estimate of drug-likeness (QED) is 0.810. The molecule has 0 fully saturated rings. The number of aromatic nitrogens is 1. The van der Waals surface area contributed by atoms with Crippen molar-refractivity contribution < 1.29 is 8.78 Å². The molecule has 0 atom stereocenters. The van der Waals surface area contributed by atoms with Crippen LogP contribution in [0.2, 0.25) is 0 Å². The van der Waals surface area contributed by atoms with Gasteiger partial charge in [0.15, 0.2) is 0 Å². The first kappa shape index (κ1) is 9.85. The van der Waals surface area contributed by atoms with Crippen LogP contribution in [0, 0.1) is 0 Å². The van der Waals surface area contributed by atoms with Crippen LogP contribution in [0.25, 0.3) is 0 Å². The molecule has 0 saturated carbocycles. The lowest BCUT2D eigenvalue weighted by atomic mass is 10.3. The highest BCUT2D eigenvalue weighted by atomic mass is 79.9. The van der Waals surface area contributed by atoms with Gasteiger partial charge < -0.3 is 5.73 Å². The summed E-state index contributed by atoms with van der Waals surface area (Å²) in [5.74, 6) is 0. The smallest absolute Gasteiger partial charge is 0.267 e. The summed E-state index contributed by atoms with van der Waals surface area (Å²) < 4.78 is 24.9. The van der Waals surface area contributed by atoms with Gasteiger partial charge >= 0.3 is 0 Å². The van der Waals surface area contributed by atoms with Crippen LogP contribution in [0.1, 0.15) is 12.0 Å². The third-order valence-corrected chi connectivity index (χ3v) is 2.76. The summed E-state index contributed by atoms with van der Waals surface area (Å²) in [5.41, 5.74) is 5.35. The Morgan fingerprint density at radius 1 is 1.42 bits per heavy atom. The second-order valence-electron chi connectivity index (χ2n) is 2.03. The predicted molar refractivity (Wildman–Crippen MR) is 49.0 cm³/mol. The summed E-state index contributed by atoms with van der Waals surface area (Å²) >= 11 is 5.86. The summed E-state index contributed by atoms with van der Waals surface area (Å²) in [6.45, 7) is 0. The first-order chi connectivity index (χ1) is 5.54. The Bertz CT molecular complexity index is 304. The van der Waals surface area contributed by atoms with Gasteiger partial charge in [-0.2, -0.15) is 0 Å². The Labute approximate surface area is 84.4 Å². The molecule has 0 radical (unpaired) electrons. The maximum atomic E-state index is 12.3. The Kier molecular flexibility index (Phi) is 3.00. The molecule has 12 heavy (non-hydrogen) atoms. The predicted octanol–water partition coefficient (Wildman–Crippen LogP) is 3.13. The minimum absolute atomic E-state index is 0.110. The highest BCUT2D eigenvalue weighted by Crippen LogP contribution is 2.35. The minimum atomic E-state index is -2.59. The number of hydrogen-bond donors (Lipinski definition) is 1. The van der Waals surface area contributed by atoms with E-state index in [-0.39, 0.29) is 20.3 Å². The standard InChI is InChI=1S/C6H4Br2F2N2/c7-4-2(11)1-12-5(8)3(4)6(9)10/h1,6H,11H2. The van der Waals surface area contributed by atoms with Crippen LogP contribution in [0.15, 0.2) is 15.3 Å². The molecule has 0 bridgehead atoms. The molecule has 0 aliphatic rings. The van der Waals surface area contributed by atoms with E-state index in [4.69, 9.17) is 5.73 Å². The van der Waals surface area contributed by atoms with E-state index in [0.717, 1.165) is 0 Å². The van der Waals surface area contributed by atoms with Crippen LogP contribution < -0.4 is 5.73 Å². The van der Waals surface area contributed by atoms with Crippen LogP contribution in [0.4, 0.5) is 14.5 Å². The normalized spacial score (nSPS) is 10.8. The number of nitrogen functional groups attached to an aromatic ring is 1. The molecule has 1 aromatic heterocycles. The molecule has 2 nitrogen and oxygen atoms in total. The molecule has 0 spiro atoms. The van der Waals surface area contributed by atoms with Gasteiger partial charge in [-0.25, -0.2) is 13.8 Å². The molecule has 0 aliphatic carbocycles. The van der Waals surface area contributed by atoms with Crippen molar-refractivity contribution in [1.29, 1.82) is 0 Å². The van der Waals surface area contributed by atoms with E-state index < -0.39 is 6.43 Å². The highest BCUT2D eigenvalue weighted by Gasteiger charge is 2.18. The van der Waals surface area contributed by atoms with Gasteiger partial charge in [-0.15, -0.1) is 0 Å². The average Bonchev–Trinajstić information content (AvgIpc) is 1.97. The number of alkyl halides is 2. The third-order valence-electron chi connectivity index (χ3n) is 1.25. The van der Waals surface area contributed by atoms with E-state index in [2.05, 4.69) is 36.8 Å². The Hall–Kier alpha value is -0.230. The molecule has 0 saturated heterocycles. The maximum Gasteiger partial charge on any atom is 0.267 e. The summed E-state index contributed by atoms with van der Waals surface area (Å²) in [4.78, 5) is 3.64. The van der Waals surface area contributed by atoms with Gasteiger partial charge in [-0.05, 0) is 31.9 Å². The number of halogens is 4. The fraction of sp³-hybridized carbons (Fsp3) is 0.167. The maximum absolute atomic E-state index is 12.3. The van der Waals surface area contributed by atoms with Crippen molar-refractivity contribution in [2.75, 3.05) is 5.73 Å². The van der Waals surface area contributed by atoms with Gasteiger partial charge in [-0.1, -0.05) is 0 Å². The van der Waals surface area contributed by atoms with Crippen molar-refractivity contribution in [1.82, 2.24) is 4.98 Å².